The summed E-state index contributed by atoms with van der Waals surface area (Å²) >= 11 is 0. The van der Waals surface area contributed by atoms with E-state index in [1.807, 2.05) is 0 Å². The minimum Gasteiger partial charge on any atom is -0.309 e. The first-order valence-electron chi connectivity index (χ1n) is 6.65. The van der Waals surface area contributed by atoms with Crippen LogP contribution in [-0.2, 0) is 0 Å². The third-order valence-corrected chi connectivity index (χ3v) is 3.78. The second-order valence-corrected chi connectivity index (χ2v) is 5.50. The molecular weight excluding hydrogens is 182 g/mol. The Morgan fingerprint density at radius 1 is 0.933 bits per heavy atom. The van der Waals surface area contributed by atoms with Gasteiger partial charge in [-0.1, -0.05) is 47.0 Å². The average molecular weight is 213 g/mol. The zero-order valence-electron chi connectivity index (χ0n) is 11.7. The maximum Gasteiger partial charge on any atom is 0.000610 e. The molecule has 0 aliphatic heterocycles. The Hall–Kier alpha value is -0.0400. The summed E-state index contributed by atoms with van der Waals surface area (Å²) in [6.45, 7) is 10.7. The van der Waals surface area contributed by atoms with Crippen LogP contribution in [0.4, 0.5) is 0 Å². The van der Waals surface area contributed by atoms with E-state index in [2.05, 4.69) is 46.7 Å². The van der Waals surface area contributed by atoms with Gasteiger partial charge in [0.2, 0.25) is 0 Å². The Morgan fingerprint density at radius 3 is 1.93 bits per heavy atom. The summed E-state index contributed by atoms with van der Waals surface area (Å²) in [6.07, 6.45) is 5.45. The van der Waals surface area contributed by atoms with Crippen molar-refractivity contribution in [1.29, 1.82) is 0 Å². The predicted octanol–water partition coefficient (Wildman–Crippen LogP) is 4.04. The summed E-state index contributed by atoms with van der Waals surface area (Å²) in [5.41, 5.74) is 0. The third kappa shape index (κ3) is 6.94. The molecule has 0 aliphatic rings. The van der Waals surface area contributed by atoms with Gasteiger partial charge in [-0.15, -0.1) is 0 Å². The molecule has 0 aromatic heterocycles. The number of nitrogens with zero attached hydrogens (tertiary/aromatic N) is 1. The van der Waals surface area contributed by atoms with Crippen LogP contribution in [0.5, 0.6) is 0 Å². The minimum absolute atomic E-state index is 0.872. The summed E-state index contributed by atoms with van der Waals surface area (Å²) in [7, 11) is 4.39. The lowest BCUT2D eigenvalue weighted by molar-refractivity contribution is 0.227. The highest BCUT2D eigenvalue weighted by Crippen LogP contribution is 2.24. The van der Waals surface area contributed by atoms with Crippen LogP contribution in [0, 0.1) is 17.8 Å². The van der Waals surface area contributed by atoms with Crippen molar-refractivity contribution in [2.45, 2.75) is 53.4 Å². The number of hydrogen-bond donors (Lipinski definition) is 0. The van der Waals surface area contributed by atoms with Crippen molar-refractivity contribution in [1.82, 2.24) is 4.90 Å². The van der Waals surface area contributed by atoms with Crippen molar-refractivity contribution < 1.29 is 0 Å². The van der Waals surface area contributed by atoms with Crippen LogP contribution in [0.1, 0.15) is 53.4 Å². The summed E-state index contributed by atoms with van der Waals surface area (Å²) < 4.78 is 0. The van der Waals surface area contributed by atoms with E-state index in [1.54, 1.807) is 0 Å². The Bertz CT molecular complexity index is 142. The van der Waals surface area contributed by atoms with E-state index in [0.29, 0.717) is 0 Å². The molecule has 92 valence electrons. The van der Waals surface area contributed by atoms with E-state index in [4.69, 9.17) is 0 Å². The second-order valence-electron chi connectivity index (χ2n) is 5.50. The molecule has 3 atom stereocenters. The highest BCUT2D eigenvalue weighted by Gasteiger charge is 2.17. The van der Waals surface area contributed by atoms with E-state index in [1.165, 1.54) is 32.2 Å². The summed E-state index contributed by atoms with van der Waals surface area (Å²) in [6, 6.07) is 0. The summed E-state index contributed by atoms with van der Waals surface area (Å²) in [4.78, 5) is 2.34. The van der Waals surface area contributed by atoms with E-state index >= 15 is 0 Å². The molecule has 0 aliphatic carbocycles. The molecule has 0 bridgehead atoms. The molecule has 0 rings (SSSR count). The standard InChI is InChI=1S/C14H31N/c1-7-12(3)9-10-14(11-15(5)6)13(4)8-2/h12-14H,7-11H2,1-6H3. The molecule has 0 N–H and O–H groups in total. The molecule has 0 aromatic carbocycles. The van der Waals surface area contributed by atoms with Crippen molar-refractivity contribution in [2.24, 2.45) is 17.8 Å². The average Bonchev–Trinajstić information content (AvgIpc) is 2.21. The molecule has 0 radical (unpaired) electrons. The van der Waals surface area contributed by atoms with Gasteiger partial charge in [-0.05, 0) is 38.3 Å². The molecule has 1 nitrogen and oxygen atoms in total. The molecule has 1 heteroatoms. The fourth-order valence-corrected chi connectivity index (χ4v) is 2.06. The predicted molar refractivity (Wildman–Crippen MR) is 70.2 cm³/mol. The van der Waals surface area contributed by atoms with Gasteiger partial charge in [-0.3, -0.25) is 0 Å². The van der Waals surface area contributed by atoms with Crippen LogP contribution >= 0.6 is 0 Å². The van der Waals surface area contributed by atoms with Gasteiger partial charge in [-0.2, -0.15) is 0 Å². The van der Waals surface area contributed by atoms with Gasteiger partial charge in [0, 0.05) is 6.54 Å². The Kier molecular flexibility index (Phi) is 8.13. The molecule has 0 saturated heterocycles. The fraction of sp³-hybridized carbons (Fsp3) is 1.00. The zero-order valence-corrected chi connectivity index (χ0v) is 11.7. The van der Waals surface area contributed by atoms with E-state index in [0.717, 1.165) is 17.8 Å². The van der Waals surface area contributed by atoms with Gasteiger partial charge in [0.25, 0.3) is 0 Å². The van der Waals surface area contributed by atoms with Crippen molar-refractivity contribution >= 4 is 0 Å². The van der Waals surface area contributed by atoms with Crippen LogP contribution in [-0.4, -0.2) is 25.5 Å². The molecule has 0 fully saturated rings. The van der Waals surface area contributed by atoms with Gasteiger partial charge < -0.3 is 4.90 Å². The molecule has 0 spiro atoms. The zero-order chi connectivity index (χ0) is 11.8. The molecular formula is C14H31N. The largest absolute Gasteiger partial charge is 0.309 e. The molecule has 0 heterocycles. The van der Waals surface area contributed by atoms with E-state index < -0.39 is 0 Å². The quantitative estimate of drug-likeness (QED) is 0.588. The SMILES string of the molecule is CCC(C)CCC(CN(C)C)C(C)CC. The molecule has 0 amide bonds. The van der Waals surface area contributed by atoms with Gasteiger partial charge >= 0.3 is 0 Å². The Morgan fingerprint density at radius 2 is 1.53 bits per heavy atom. The highest BCUT2D eigenvalue weighted by molar-refractivity contribution is 4.69. The first kappa shape index (κ1) is 15.0. The van der Waals surface area contributed by atoms with Crippen molar-refractivity contribution in [3.63, 3.8) is 0 Å². The smallest absolute Gasteiger partial charge is 0.000610 e. The molecule has 3 unspecified atom stereocenters. The molecule has 0 saturated carbocycles. The van der Waals surface area contributed by atoms with Gasteiger partial charge in [0.15, 0.2) is 0 Å². The maximum absolute atomic E-state index is 2.41. The van der Waals surface area contributed by atoms with Crippen LogP contribution in [0.25, 0.3) is 0 Å². The highest BCUT2D eigenvalue weighted by atomic mass is 15.1. The Balaban J connectivity index is 4.00. The second kappa shape index (κ2) is 8.15. The van der Waals surface area contributed by atoms with Crippen molar-refractivity contribution in [3.8, 4) is 0 Å². The van der Waals surface area contributed by atoms with E-state index in [-0.39, 0.29) is 0 Å². The summed E-state index contributed by atoms with van der Waals surface area (Å²) in [5.74, 6) is 2.66. The topological polar surface area (TPSA) is 3.24 Å². The molecule has 0 aromatic rings. The molecule has 15 heavy (non-hydrogen) atoms. The third-order valence-electron chi connectivity index (χ3n) is 3.78. The number of hydrogen-bond acceptors (Lipinski definition) is 1. The normalized spacial score (nSPS) is 17.8. The van der Waals surface area contributed by atoms with E-state index in [9.17, 15) is 0 Å². The van der Waals surface area contributed by atoms with Crippen LogP contribution in [0.2, 0.25) is 0 Å². The maximum atomic E-state index is 2.41. The lowest BCUT2D eigenvalue weighted by atomic mass is 9.85. The van der Waals surface area contributed by atoms with Crippen LogP contribution in [0.3, 0.4) is 0 Å². The first-order valence-corrected chi connectivity index (χ1v) is 6.65. The Labute approximate surface area is 97.2 Å². The fourth-order valence-electron chi connectivity index (χ4n) is 2.06. The van der Waals surface area contributed by atoms with Gasteiger partial charge in [0.05, 0.1) is 0 Å². The van der Waals surface area contributed by atoms with Crippen molar-refractivity contribution in [3.05, 3.63) is 0 Å². The van der Waals surface area contributed by atoms with Crippen LogP contribution < -0.4 is 0 Å². The number of rotatable bonds is 8. The monoisotopic (exact) mass is 213 g/mol. The minimum atomic E-state index is 0.872. The summed E-state index contributed by atoms with van der Waals surface area (Å²) in [5, 5.41) is 0. The van der Waals surface area contributed by atoms with Gasteiger partial charge in [0.1, 0.15) is 0 Å². The lowest BCUT2D eigenvalue weighted by Gasteiger charge is -2.27. The van der Waals surface area contributed by atoms with Crippen LogP contribution in [0.15, 0.2) is 0 Å². The van der Waals surface area contributed by atoms with Gasteiger partial charge in [-0.25, -0.2) is 0 Å². The van der Waals surface area contributed by atoms with Crippen molar-refractivity contribution in [2.75, 3.05) is 20.6 Å². The first-order chi connectivity index (χ1) is 7.01. The lowest BCUT2D eigenvalue weighted by Crippen LogP contribution is -2.26.